The molecule has 1 atom stereocenters. The number of nitrogens with one attached hydrogen (secondary N) is 2. The number of thioether (sulfide) groups is 1. The van der Waals surface area contributed by atoms with Crippen molar-refractivity contribution in [2.75, 3.05) is 10.2 Å². The average Bonchev–Trinajstić information content (AvgIpc) is 3.30. The van der Waals surface area contributed by atoms with Gasteiger partial charge in [-0.3, -0.25) is 24.0 Å². The Hall–Kier alpha value is -5.35. The number of halogens is 1. The molecule has 0 aliphatic carbocycles. The summed E-state index contributed by atoms with van der Waals surface area (Å²) in [4.78, 5) is 65.5. The van der Waals surface area contributed by atoms with Gasteiger partial charge >= 0.3 is 0 Å². The minimum Gasteiger partial charge on any atom is -0.321 e. The fourth-order valence-electron chi connectivity index (χ4n) is 4.51. The molecule has 0 bridgehead atoms. The Morgan fingerprint density at radius 3 is 2.27 bits per heavy atom. The molecule has 1 aliphatic heterocycles. The number of hydrogen-bond acceptors (Lipinski definition) is 6. The van der Waals surface area contributed by atoms with Crippen molar-refractivity contribution in [2.45, 2.75) is 23.5 Å². The van der Waals surface area contributed by atoms with E-state index in [-0.39, 0.29) is 35.3 Å². The maximum atomic E-state index is 14.4. The third-order valence-electron chi connectivity index (χ3n) is 6.74. The fraction of sp³-hybridized carbons (Fsp3) is 0.0882. The summed E-state index contributed by atoms with van der Waals surface area (Å²) in [5, 5.41) is 4.61. The smallest absolute Gasteiger partial charge is 0.272 e. The standard InChI is InChI=1S/C34H26FN3O5S/c1-21(39)22-14-16-26(17-15-22)38-31(40)20-30(34(38)43)44-27-12-7-11-25(19-27)36-33(42)29(18-24-10-5-6-13-28(24)35)37-32(41)23-8-3-2-4-9-23/h2-19,30H,20H2,1H3,(H,36,42)(H,37,41)/b29-18-. The van der Waals surface area contributed by atoms with Gasteiger partial charge in [-0.1, -0.05) is 42.5 Å². The molecule has 44 heavy (non-hydrogen) atoms. The van der Waals surface area contributed by atoms with E-state index >= 15 is 0 Å². The van der Waals surface area contributed by atoms with Gasteiger partial charge in [0.2, 0.25) is 11.8 Å². The summed E-state index contributed by atoms with van der Waals surface area (Å²) in [6.07, 6.45) is 1.24. The van der Waals surface area contributed by atoms with Crippen molar-refractivity contribution in [3.63, 3.8) is 0 Å². The van der Waals surface area contributed by atoms with Crippen molar-refractivity contribution in [2.24, 2.45) is 0 Å². The molecule has 1 unspecified atom stereocenters. The Labute approximate surface area is 257 Å². The zero-order valence-electron chi connectivity index (χ0n) is 23.5. The first-order valence-corrected chi connectivity index (χ1v) is 14.5. The lowest BCUT2D eigenvalue weighted by atomic mass is 10.1. The molecular weight excluding hydrogens is 581 g/mol. The number of benzene rings is 4. The lowest BCUT2D eigenvalue weighted by Gasteiger charge is -2.15. The van der Waals surface area contributed by atoms with Crippen molar-refractivity contribution in [1.29, 1.82) is 0 Å². The molecule has 0 aromatic heterocycles. The topological polar surface area (TPSA) is 113 Å². The number of hydrogen-bond donors (Lipinski definition) is 2. The number of amides is 4. The van der Waals surface area contributed by atoms with Gasteiger partial charge in [0, 0.05) is 33.7 Å². The quantitative estimate of drug-likeness (QED) is 0.140. The van der Waals surface area contributed by atoms with E-state index in [1.54, 1.807) is 84.9 Å². The molecule has 1 heterocycles. The summed E-state index contributed by atoms with van der Waals surface area (Å²) in [7, 11) is 0. The van der Waals surface area contributed by atoms with Crippen LogP contribution < -0.4 is 15.5 Å². The zero-order chi connectivity index (χ0) is 31.2. The van der Waals surface area contributed by atoms with Crippen LogP contribution in [0.2, 0.25) is 0 Å². The van der Waals surface area contributed by atoms with Crippen molar-refractivity contribution < 1.29 is 28.4 Å². The summed E-state index contributed by atoms with van der Waals surface area (Å²) < 4.78 is 14.4. The molecule has 10 heteroatoms. The number of Topliss-reactive ketones (excluding diaryl/α,β-unsaturated/α-hetero) is 1. The number of carbonyl (C=O) groups excluding carboxylic acids is 5. The molecule has 8 nitrogen and oxygen atoms in total. The Kier molecular flexibility index (Phi) is 9.11. The van der Waals surface area contributed by atoms with Crippen LogP contribution in [0.15, 0.2) is 114 Å². The van der Waals surface area contributed by atoms with E-state index in [4.69, 9.17) is 0 Å². The van der Waals surface area contributed by atoms with Crippen LogP contribution in [0.4, 0.5) is 15.8 Å². The molecule has 5 rings (SSSR count). The summed E-state index contributed by atoms with van der Waals surface area (Å²) in [6, 6.07) is 27.1. The third kappa shape index (κ3) is 6.99. The van der Waals surface area contributed by atoms with Crippen LogP contribution >= 0.6 is 11.8 Å². The van der Waals surface area contributed by atoms with Gasteiger partial charge in [-0.2, -0.15) is 0 Å². The van der Waals surface area contributed by atoms with Crippen LogP contribution in [0.3, 0.4) is 0 Å². The van der Waals surface area contributed by atoms with E-state index < -0.39 is 22.9 Å². The van der Waals surface area contributed by atoms with E-state index in [1.165, 1.54) is 43.0 Å². The van der Waals surface area contributed by atoms with Crippen LogP contribution in [-0.2, 0) is 14.4 Å². The molecule has 2 N–H and O–H groups in total. The number of ketones is 1. The molecule has 0 spiro atoms. The molecule has 0 radical (unpaired) electrons. The van der Waals surface area contributed by atoms with Crippen LogP contribution in [0, 0.1) is 5.82 Å². The van der Waals surface area contributed by atoms with E-state index in [1.807, 2.05) is 0 Å². The highest BCUT2D eigenvalue weighted by Crippen LogP contribution is 2.35. The average molecular weight is 608 g/mol. The Morgan fingerprint density at radius 1 is 0.864 bits per heavy atom. The van der Waals surface area contributed by atoms with Crippen molar-refractivity contribution >= 4 is 58.6 Å². The molecule has 0 saturated carbocycles. The number of carbonyl (C=O) groups is 5. The molecule has 4 amide bonds. The molecule has 1 saturated heterocycles. The zero-order valence-corrected chi connectivity index (χ0v) is 24.3. The Morgan fingerprint density at radius 2 is 1.57 bits per heavy atom. The van der Waals surface area contributed by atoms with Gasteiger partial charge < -0.3 is 10.6 Å². The number of anilines is 2. The highest BCUT2D eigenvalue weighted by molar-refractivity contribution is 8.00. The SMILES string of the molecule is CC(=O)c1ccc(N2C(=O)CC(Sc3cccc(NC(=O)/C(=C/c4ccccc4F)NC(=O)c4ccccc4)c3)C2=O)cc1. The van der Waals surface area contributed by atoms with E-state index in [0.717, 1.165) is 4.90 Å². The van der Waals surface area contributed by atoms with Gasteiger partial charge in [-0.05, 0) is 73.7 Å². The monoisotopic (exact) mass is 607 g/mol. The van der Waals surface area contributed by atoms with Crippen LogP contribution in [0.25, 0.3) is 6.08 Å². The van der Waals surface area contributed by atoms with Gasteiger partial charge in [-0.15, -0.1) is 11.8 Å². The predicted octanol–water partition coefficient (Wildman–Crippen LogP) is 5.86. The van der Waals surface area contributed by atoms with Crippen LogP contribution in [-0.4, -0.2) is 34.7 Å². The summed E-state index contributed by atoms with van der Waals surface area (Å²) in [5.74, 6) is -2.66. The van der Waals surface area contributed by atoms with Crippen LogP contribution in [0.1, 0.15) is 39.6 Å². The molecule has 4 aromatic rings. The van der Waals surface area contributed by atoms with Gasteiger partial charge in [0.15, 0.2) is 5.78 Å². The maximum Gasteiger partial charge on any atom is 0.272 e. The third-order valence-corrected chi connectivity index (χ3v) is 7.92. The van der Waals surface area contributed by atoms with Crippen molar-refractivity contribution in [3.05, 3.63) is 131 Å². The van der Waals surface area contributed by atoms with Crippen LogP contribution in [0.5, 0.6) is 0 Å². The first-order valence-electron chi connectivity index (χ1n) is 13.6. The number of rotatable bonds is 9. The van der Waals surface area contributed by atoms with E-state index in [9.17, 15) is 28.4 Å². The highest BCUT2D eigenvalue weighted by atomic mass is 32.2. The van der Waals surface area contributed by atoms with Gasteiger partial charge in [-0.25, -0.2) is 9.29 Å². The molecular formula is C34H26FN3O5S. The number of imide groups is 1. The van der Waals surface area contributed by atoms with Gasteiger partial charge in [0.1, 0.15) is 11.5 Å². The second kappa shape index (κ2) is 13.3. The Balaban J connectivity index is 1.32. The van der Waals surface area contributed by atoms with E-state index in [2.05, 4.69) is 10.6 Å². The Bertz CT molecular complexity index is 1790. The lowest BCUT2D eigenvalue weighted by Crippen LogP contribution is -2.31. The molecule has 1 fully saturated rings. The van der Waals surface area contributed by atoms with E-state index in [0.29, 0.717) is 27.4 Å². The first-order chi connectivity index (χ1) is 21.2. The minimum atomic E-state index is -0.692. The molecule has 220 valence electrons. The van der Waals surface area contributed by atoms with Gasteiger partial charge in [0.25, 0.3) is 11.8 Å². The predicted molar refractivity (Wildman–Crippen MR) is 167 cm³/mol. The molecule has 4 aromatic carbocycles. The maximum absolute atomic E-state index is 14.4. The first kappa shape index (κ1) is 30.1. The molecule has 1 aliphatic rings. The fourth-order valence-corrected chi connectivity index (χ4v) is 5.63. The van der Waals surface area contributed by atoms with Crippen molar-refractivity contribution in [1.82, 2.24) is 5.32 Å². The summed E-state index contributed by atoms with van der Waals surface area (Å²) >= 11 is 1.18. The second-order valence-electron chi connectivity index (χ2n) is 9.86. The largest absolute Gasteiger partial charge is 0.321 e. The normalized spacial score (nSPS) is 14.8. The second-order valence-corrected chi connectivity index (χ2v) is 11.1. The number of nitrogens with zero attached hydrogens (tertiary/aromatic N) is 1. The van der Waals surface area contributed by atoms with Crippen molar-refractivity contribution in [3.8, 4) is 0 Å². The summed E-state index contributed by atoms with van der Waals surface area (Å²) in [6.45, 7) is 1.44. The summed E-state index contributed by atoms with van der Waals surface area (Å²) in [5.41, 5.74) is 1.48. The highest BCUT2D eigenvalue weighted by Gasteiger charge is 2.40. The minimum absolute atomic E-state index is 0.0183. The van der Waals surface area contributed by atoms with Gasteiger partial charge in [0.05, 0.1) is 10.9 Å². The lowest BCUT2D eigenvalue weighted by molar-refractivity contribution is -0.121.